The van der Waals surface area contributed by atoms with Gasteiger partial charge in [-0.3, -0.25) is 24.5 Å². The number of nitro groups is 1. The smallest absolute Gasteiger partial charge is 0.306 e. The zero-order valence-electron chi connectivity index (χ0n) is 16.5. The lowest BCUT2D eigenvalue weighted by atomic mass is 10.1. The number of esters is 1. The van der Waals surface area contributed by atoms with E-state index in [4.69, 9.17) is 4.74 Å². The van der Waals surface area contributed by atoms with Crippen molar-refractivity contribution in [2.24, 2.45) is 0 Å². The van der Waals surface area contributed by atoms with Crippen LogP contribution >= 0.6 is 0 Å². The SMILES string of the molecule is C[C@H](NC(=O)COC(=O)CCCC(=O)Nc1ccc([N+](=O)[O-])cc1)c1ccccc1. The van der Waals surface area contributed by atoms with Crippen LogP contribution in [0.3, 0.4) is 0 Å². The Balaban J connectivity index is 1.62. The first-order chi connectivity index (χ1) is 14.3. The molecule has 0 aliphatic rings. The zero-order valence-corrected chi connectivity index (χ0v) is 16.5. The topological polar surface area (TPSA) is 128 Å². The van der Waals surface area contributed by atoms with Gasteiger partial charge in [-0.2, -0.15) is 0 Å². The Labute approximate surface area is 173 Å². The van der Waals surface area contributed by atoms with Gasteiger partial charge in [0.25, 0.3) is 11.6 Å². The molecule has 0 fully saturated rings. The van der Waals surface area contributed by atoms with Crippen molar-refractivity contribution >= 4 is 29.2 Å². The van der Waals surface area contributed by atoms with Crippen LogP contribution in [0, 0.1) is 10.1 Å². The molecule has 2 aromatic carbocycles. The van der Waals surface area contributed by atoms with Crippen molar-refractivity contribution in [3.8, 4) is 0 Å². The molecule has 1 atom stereocenters. The number of carbonyl (C=O) groups excluding carboxylic acids is 3. The lowest BCUT2D eigenvalue weighted by molar-refractivity contribution is -0.384. The number of nitrogens with one attached hydrogen (secondary N) is 2. The van der Waals surface area contributed by atoms with Crippen LogP contribution in [0.5, 0.6) is 0 Å². The number of anilines is 1. The second-order valence-electron chi connectivity index (χ2n) is 6.57. The second-order valence-corrected chi connectivity index (χ2v) is 6.57. The number of carbonyl (C=O) groups is 3. The third-order valence-electron chi connectivity index (χ3n) is 4.19. The van der Waals surface area contributed by atoms with E-state index in [0.717, 1.165) is 5.56 Å². The standard InChI is InChI=1S/C21H23N3O6/c1-15(16-6-3-2-4-7-16)22-20(26)14-30-21(27)9-5-8-19(25)23-17-10-12-18(13-11-17)24(28)29/h2-4,6-7,10-13,15H,5,8-9,14H2,1H3,(H,22,26)(H,23,25)/t15-/m0/s1. The monoisotopic (exact) mass is 413 g/mol. The molecule has 2 N–H and O–H groups in total. The average molecular weight is 413 g/mol. The molecular weight excluding hydrogens is 390 g/mol. The Hall–Kier alpha value is -3.75. The molecule has 0 spiro atoms. The maximum Gasteiger partial charge on any atom is 0.306 e. The Morgan fingerprint density at radius 3 is 2.30 bits per heavy atom. The first-order valence-corrected chi connectivity index (χ1v) is 9.39. The molecule has 0 aromatic heterocycles. The quantitative estimate of drug-likeness (QED) is 0.350. The van der Waals surface area contributed by atoms with Gasteiger partial charge in [0, 0.05) is 30.7 Å². The van der Waals surface area contributed by atoms with Crippen molar-refractivity contribution < 1.29 is 24.0 Å². The van der Waals surface area contributed by atoms with Crippen LogP contribution in [0.15, 0.2) is 54.6 Å². The largest absolute Gasteiger partial charge is 0.456 e. The number of rotatable bonds is 10. The van der Waals surface area contributed by atoms with Gasteiger partial charge in [0.2, 0.25) is 5.91 Å². The van der Waals surface area contributed by atoms with Gasteiger partial charge in [-0.25, -0.2) is 0 Å². The van der Waals surface area contributed by atoms with E-state index in [0.29, 0.717) is 5.69 Å². The molecule has 0 heterocycles. The Bertz CT molecular complexity index is 883. The summed E-state index contributed by atoms with van der Waals surface area (Å²) in [5, 5.41) is 15.9. The molecule has 158 valence electrons. The van der Waals surface area contributed by atoms with Crippen LogP contribution in [0.4, 0.5) is 11.4 Å². The summed E-state index contributed by atoms with van der Waals surface area (Å²) in [5.41, 5.74) is 1.30. The van der Waals surface area contributed by atoms with E-state index in [1.54, 1.807) is 0 Å². The highest BCUT2D eigenvalue weighted by Crippen LogP contribution is 2.16. The highest BCUT2D eigenvalue weighted by Gasteiger charge is 2.12. The van der Waals surface area contributed by atoms with Crippen molar-refractivity contribution in [3.63, 3.8) is 0 Å². The van der Waals surface area contributed by atoms with Crippen LogP contribution < -0.4 is 10.6 Å². The van der Waals surface area contributed by atoms with E-state index in [-0.39, 0.29) is 43.5 Å². The minimum absolute atomic E-state index is 0.00476. The van der Waals surface area contributed by atoms with Crippen LogP contribution in [0.25, 0.3) is 0 Å². The van der Waals surface area contributed by atoms with Gasteiger partial charge in [-0.05, 0) is 31.0 Å². The second kappa shape index (κ2) is 11.3. The number of amides is 2. The van der Waals surface area contributed by atoms with Gasteiger partial charge in [0.15, 0.2) is 6.61 Å². The number of hydrogen-bond donors (Lipinski definition) is 2. The minimum Gasteiger partial charge on any atom is -0.456 e. The number of benzene rings is 2. The molecule has 0 aliphatic carbocycles. The van der Waals surface area contributed by atoms with Crippen molar-refractivity contribution in [1.82, 2.24) is 5.32 Å². The van der Waals surface area contributed by atoms with Gasteiger partial charge in [0.1, 0.15) is 0 Å². The van der Waals surface area contributed by atoms with Crippen molar-refractivity contribution in [2.45, 2.75) is 32.2 Å². The van der Waals surface area contributed by atoms with Crippen LogP contribution in [-0.4, -0.2) is 29.3 Å². The van der Waals surface area contributed by atoms with Crippen molar-refractivity contribution in [2.75, 3.05) is 11.9 Å². The van der Waals surface area contributed by atoms with E-state index < -0.39 is 16.8 Å². The van der Waals surface area contributed by atoms with Crippen LogP contribution in [0.1, 0.15) is 37.8 Å². The molecule has 0 aliphatic heterocycles. The number of hydrogen-bond acceptors (Lipinski definition) is 6. The average Bonchev–Trinajstić information content (AvgIpc) is 2.73. The molecule has 2 rings (SSSR count). The lowest BCUT2D eigenvalue weighted by Gasteiger charge is -2.14. The molecule has 2 amide bonds. The molecule has 9 heteroatoms. The van der Waals surface area contributed by atoms with Gasteiger partial charge >= 0.3 is 5.97 Å². The summed E-state index contributed by atoms with van der Waals surface area (Å²) in [6.45, 7) is 1.45. The number of ether oxygens (including phenoxy) is 1. The Kier molecular flexibility index (Phi) is 8.49. The molecule has 0 bridgehead atoms. The first-order valence-electron chi connectivity index (χ1n) is 9.39. The molecule has 2 aromatic rings. The summed E-state index contributed by atoms with van der Waals surface area (Å²) < 4.78 is 4.93. The highest BCUT2D eigenvalue weighted by atomic mass is 16.6. The fourth-order valence-corrected chi connectivity index (χ4v) is 2.61. The van der Waals surface area contributed by atoms with E-state index in [2.05, 4.69) is 10.6 Å². The van der Waals surface area contributed by atoms with Gasteiger partial charge in [-0.1, -0.05) is 30.3 Å². The Morgan fingerprint density at radius 1 is 1.00 bits per heavy atom. The fraction of sp³-hybridized carbons (Fsp3) is 0.286. The normalized spacial score (nSPS) is 11.2. The molecule has 9 nitrogen and oxygen atoms in total. The summed E-state index contributed by atoms with van der Waals surface area (Å²) in [7, 11) is 0. The molecule has 30 heavy (non-hydrogen) atoms. The summed E-state index contributed by atoms with van der Waals surface area (Å²) >= 11 is 0. The van der Waals surface area contributed by atoms with Gasteiger partial charge in [0.05, 0.1) is 11.0 Å². The predicted octanol–water partition coefficient (Wildman–Crippen LogP) is 3.12. The predicted molar refractivity (Wildman–Crippen MR) is 110 cm³/mol. The van der Waals surface area contributed by atoms with E-state index in [1.165, 1.54) is 24.3 Å². The Morgan fingerprint density at radius 2 is 1.67 bits per heavy atom. The zero-order chi connectivity index (χ0) is 21.9. The van der Waals surface area contributed by atoms with E-state index >= 15 is 0 Å². The fourth-order valence-electron chi connectivity index (χ4n) is 2.61. The van der Waals surface area contributed by atoms with Gasteiger partial charge < -0.3 is 15.4 Å². The van der Waals surface area contributed by atoms with Gasteiger partial charge in [-0.15, -0.1) is 0 Å². The number of non-ortho nitro benzene ring substituents is 1. The maximum absolute atomic E-state index is 11.9. The first kappa shape index (κ1) is 22.5. The summed E-state index contributed by atoms with van der Waals surface area (Å²) in [6, 6.07) is 14.6. The summed E-state index contributed by atoms with van der Waals surface area (Å²) in [4.78, 5) is 45.6. The molecule has 0 saturated heterocycles. The molecule has 0 unspecified atom stereocenters. The van der Waals surface area contributed by atoms with Crippen molar-refractivity contribution in [1.29, 1.82) is 0 Å². The minimum atomic E-state index is -0.569. The molecule has 0 saturated carbocycles. The third-order valence-corrected chi connectivity index (χ3v) is 4.19. The highest BCUT2D eigenvalue weighted by molar-refractivity contribution is 5.91. The number of nitrogens with zero attached hydrogens (tertiary/aromatic N) is 1. The summed E-state index contributed by atoms with van der Waals surface area (Å²) in [5.74, 6) is -1.30. The lowest BCUT2D eigenvalue weighted by Crippen LogP contribution is -2.31. The maximum atomic E-state index is 11.9. The van der Waals surface area contributed by atoms with Crippen molar-refractivity contribution in [3.05, 3.63) is 70.3 Å². The summed E-state index contributed by atoms with van der Waals surface area (Å²) in [6.07, 6.45) is 0.318. The molecular formula is C21H23N3O6. The van der Waals surface area contributed by atoms with E-state index in [9.17, 15) is 24.5 Å². The van der Waals surface area contributed by atoms with Crippen LogP contribution in [0.2, 0.25) is 0 Å². The van der Waals surface area contributed by atoms with E-state index in [1.807, 2.05) is 37.3 Å². The van der Waals surface area contributed by atoms with Crippen LogP contribution in [-0.2, 0) is 19.1 Å². The molecule has 0 radical (unpaired) electrons. The number of nitro benzene ring substituents is 1. The third kappa shape index (κ3) is 7.70.